The Balaban J connectivity index is 2.20. The highest BCUT2D eigenvalue weighted by Crippen LogP contribution is 2.25. The first kappa shape index (κ1) is 12.9. The average molecular weight is 363 g/mol. The van der Waals surface area contributed by atoms with Crippen LogP contribution in [0.3, 0.4) is 0 Å². The molecule has 1 aromatic heterocycles. The minimum atomic E-state index is -0.00403. The summed E-state index contributed by atoms with van der Waals surface area (Å²) in [6.45, 7) is 0. The van der Waals surface area contributed by atoms with Crippen LogP contribution in [-0.4, -0.2) is 0 Å². The lowest BCUT2D eigenvalue weighted by Crippen LogP contribution is -2.29. The number of benzene rings is 1. The van der Waals surface area contributed by atoms with Gasteiger partial charge in [-0.15, -0.1) is 0 Å². The summed E-state index contributed by atoms with van der Waals surface area (Å²) in [5.74, 6) is 6.46. The fraction of sp³-hybridized carbons (Fsp3) is 0.167. The summed E-state index contributed by atoms with van der Waals surface area (Å²) in [6, 6.07) is 9.71. The fourth-order valence-electron chi connectivity index (χ4n) is 1.63. The first-order valence-corrected chi connectivity index (χ1v) is 6.60. The highest BCUT2D eigenvalue weighted by Gasteiger charge is 2.13. The van der Waals surface area contributed by atoms with Gasteiger partial charge >= 0.3 is 0 Å². The molecule has 1 aromatic carbocycles. The third-order valence-corrected chi connectivity index (χ3v) is 4.10. The third kappa shape index (κ3) is 3.22. The number of nitrogens with one attached hydrogen (secondary N) is 1. The lowest BCUT2D eigenvalue weighted by Gasteiger charge is -2.15. The van der Waals surface area contributed by atoms with Gasteiger partial charge in [-0.3, -0.25) is 11.3 Å². The molecule has 1 unspecified atom stereocenters. The Kier molecular flexibility index (Phi) is 4.44. The molecule has 0 saturated heterocycles. The van der Waals surface area contributed by atoms with Crippen LogP contribution in [0.1, 0.15) is 17.4 Å². The van der Waals surface area contributed by atoms with Crippen molar-refractivity contribution >= 4 is 34.2 Å². The smallest absolute Gasteiger partial charge is 0.105 e. The summed E-state index contributed by atoms with van der Waals surface area (Å²) < 4.78 is 6.34. The molecular weight excluding hydrogens is 351 g/mol. The Morgan fingerprint density at radius 3 is 2.82 bits per heavy atom. The normalized spacial score (nSPS) is 12.6. The summed E-state index contributed by atoms with van der Waals surface area (Å²) in [6.07, 6.45) is 2.35. The minimum absolute atomic E-state index is 0.00403. The van der Waals surface area contributed by atoms with Crippen LogP contribution in [0.2, 0.25) is 5.02 Å². The number of rotatable bonds is 4. The number of hydrazine groups is 1. The molecule has 0 radical (unpaired) electrons. The maximum Gasteiger partial charge on any atom is 0.105 e. The molecule has 0 bridgehead atoms. The van der Waals surface area contributed by atoms with E-state index in [1.807, 2.05) is 30.3 Å². The van der Waals surface area contributed by atoms with Crippen LogP contribution in [0, 0.1) is 3.57 Å². The van der Waals surface area contributed by atoms with Gasteiger partial charge in [0.2, 0.25) is 0 Å². The van der Waals surface area contributed by atoms with E-state index in [4.69, 9.17) is 21.9 Å². The minimum Gasteiger partial charge on any atom is -0.469 e. The maximum atomic E-state index is 6.10. The molecule has 90 valence electrons. The van der Waals surface area contributed by atoms with Crippen molar-refractivity contribution < 1.29 is 4.42 Å². The van der Waals surface area contributed by atoms with Crippen LogP contribution in [0.25, 0.3) is 0 Å². The van der Waals surface area contributed by atoms with Crippen LogP contribution in [-0.2, 0) is 6.42 Å². The van der Waals surface area contributed by atoms with E-state index in [2.05, 4.69) is 28.0 Å². The molecule has 0 saturated carbocycles. The second-order valence-corrected chi connectivity index (χ2v) is 5.25. The first-order chi connectivity index (χ1) is 8.20. The van der Waals surface area contributed by atoms with Gasteiger partial charge in [0.15, 0.2) is 0 Å². The number of nitrogens with two attached hydrogens (primary N) is 1. The summed E-state index contributed by atoms with van der Waals surface area (Å²) in [7, 11) is 0. The van der Waals surface area contributed by atoms with Crippen molar-refractivity contribution in [2.75, 3.05) is 0 Å². The number of hydrogen-bond donors (Lipinski definition) is 2. The van der Waals surface area contributed by atoms with E-state index < -0.39 is 0 Å². The van der Waals surface area contributed by atoms with Crippen molar-refractivity contribution in [3.05, 3.63) is 56.5 Å². The summed E-state index contributed by atoms with van der Waals surface area (Å²) in [5, 5.41) is 0.739. The van der Waals surface area contributed by atoms with Crippen molar-refractivity contribution in [1.82, 2.24) is 5.43 Å². The van der Waals surface area contributed by atoms with Crippen LogP contribution in [0.5, 0.6) is 0 Å². The molecule has 1 heterocycles. The summed E-state index contributed by atoms with van der Waals surface area (Å²) >= 11 is 8.29. The Morgan fingerprint density at radius 2 is 2.24 bits per heavy atom. The SMILES string of the molecule is NNC(Cc1ccco1)c1ccc(I)c(Cl)c1. The van der Waals surface area contributed by atoms with E-state index in [0.29, 0.717) is 6.42 Å². The highest BCUT2D eigenvalue weighted by molar-refractivity contribution is 14.1. The first-order valence-electron chi connectivity index (χ1n) is 5.14. The standard InChI is InChI=1S/C12H12ClIN2O/c13-10-6-8(3-4-11(10)14)12(16-15)7-9-2-1-5-17-9/h1-6,12,16H,7,15H2. The number of halogens is 2. The van der Waals surface area contributed by atoms with Gasteiger partial charge in [-0.05, 0) is 52.4 Å². The molecule has 3 N–H and O–H groups in total. The van der Waals surface area contributed by atoms with Crippen molar-refractivity contribution in [1.29, 1.82) is 0 Å². The van der Waals surface area contributed by atoms with Crippen LogP contribution in [0.4, 0.5) is 0 Å². The quantitative estimate of drug-likeness (QED) is 0.498. The molecule has 0 aliphatic heterocycles. The van der Waals surface area contributed by atoms with Crippen LogP contribution >= 0.6 is 34.2 Å². The Labute approximate surface area is 118 Å². The van der Waals surface area contributed by atoms with Gasteiger partial charge in [-0.25, -0.2) is 0 Å². The van der Waals surface area contributed by atoms with Gasteiger partial charge < -0.3 is 4.42 Å². The maximum absolute atomic E-state index is 6.10. The fourth-order valence-corrected chi connectivity index (χ4v) is 2.16. The van der Waals surface area contributed by atoms with E-state index in [1.54, 1.807) is 6.26 Å². The summed E-state index contributed by atoms with van der Waals surface area (Å²) in [4.78, 5) is 0. The van der Waals surface area contributed by atoms with Crippen molar-refractivity contribution in [3.8, 4) is 0 Å². The molecule has 0 aliphatic rings. The summed E-state index contributed by atoms with van der Waals surface area (Å²) in [5.41, 5.74) is 3.83. The lowest BCUT2D eigenvalue weighted by atomic mass is 10.0. The molecular formula is C12H12ClIN2O. The van der Waals surface area contributed by atoms with Gasteiger partial charge in [-0.2, -0.15) is 0 Å². The highest BCUT2D eigenvalue weighted by atomic mass is 127. The van der Waals surface area contributed by atoms with Crippen molar-refractivity contribution in [2.45, 2.75) is 12.5 Å². The molecule has 0 amide bonds. The molecule has 0 spiro atoms. The van der Waals surface area contributed by atoms with Crippen LogP contribution < -0.4 is 11.3 Å². The van der Waals surface area contributed by atoms with Gasteiger partial charge in [0.25, 0.3) is 0 Å². The van der Waals surface area contributed by atoms with E-state index in [1.165, 1.54) is 0 Å². The van der Waals surface area contributed by atoms with E-state index in [9.17, 15) is 0 Å². The molecule has 0 aliphatic carbocycles. The lowest BCUT2D eigenvalue weighted by molar-refractivity contribution is 0.455. The zero-order valence-corrected chi connectivity index (χ0v) is 11.9. The number of hydrogen-bond acceptors (Lipinski definition) is 3. The van der Waals surface area contributed by atoms with E-state index >= 15 is 0 Å². The van der Waals surface area contributed by atoms with Crippen molar-refractivity contribution in [3.63, 3.8) is 0 Å². The molecule has 5 heteroatoms. The molecule has 1 atom stereocenters. The van der Waals surface area contributed by atoms with Gasteiger partial charge in [-0.1, -0.05) is 17.7 Å². The predicted octanol–water partition coefficient (Wildman–Crippen LogP) is 3.28. The van der Waals surface area contributed by atoms with Crippen LogP contribution in [0.15, 0.2) is 41.0 Å². The molecule has 0 fully saturated rings. The van der Waals surface area contributed by atoms with Gasteiger partial charge in [0.1, 0.15) is 5.76 Å². The molecule has 2 aromatic rings. The Morgan fingerprint density at radius 1 is 1.41 bits per heavy atom. The number of furan rings is 1. The molecule has 17 heavy (non-hydrogen) atoms. The molecule has 3 nitrogen and oxygen atoms in total. The topological polar surface area (TPSA) is 51.2 Å². The Bertz CT molecular complexity index is 487. The van der Waals surface area contributed by atoms with E-state index in [0.717, 1.165) is 19.9 Å². The predicted molar refractivity (Wildman–Crippen MR) is 76.6 cm³/mol. The van der Waals surface area contributed by atoms with Gasteiger partial charge in [0, 0.05) is 9.99 Å². The van der Waals surface area contributed by atoms with Crippen molar-refractivity contribution in [2.24, 2.45) is 5.84 Å². The second-order valence-electron chi connectivity index (χ2n) is 3.68. The molecule has 2 rings (SSSR count). The largest absolute Gasteiger partial charge is 0.469 e. The third-order valence-electron chi connectivity index (χ3n) is 2.53. The Hall–Kier alpha value is -0.560. The monoisotopic (exact) mass is 362 g/mol. The zero-order valence-electron chi connectivity index (χ0n) is 8.99. The zero-order chi connectivity index (χ0) is 12.3. The second kappa shape index (κ2) is 5.86. The van der Waals surface area contributed by atoms with E-state index in [-0.39, 0.29) is 6.04 Å². The average Bonchev–Trinajstić information content (AvgIpc) is 2.82. The van der Waals surface area contributed by atoms with Gasteiger partial charge in [0.05, 0.1) is 17.3 Å².